The number of nitrogens with zero attached hydrogens (tertiary/aromatic N) is 1. The van der Waals surface area contributed by atoms with Gasteiger partial charge >= 0.3 is 12.0 Å². The first-order valence-corrected chi connectivity index (χ1v) is 12.5. The van der Waals surface area contributed by atoms with Crippen molar-refractivity contribution in [3.05, 3.63) is 95.3 Å². The summed E-state index contributed by atoms with van der Waals surface area (Å²) in [6.45, 7) is 0.704. The molecule has 0 spiro atoms. The standard InChI is InChI=1S/C29H30FN3O6/c1-38-28(36)23-5-2-3-6-24(23)32-29(37)33-16-4-7-26(34)25(17-33)31-27(35)20-10-14-22(15-11-20)39-18-19-8-12-21(30)13-9-19/h2-3,5-6,8-15,25-26,34H,4,7,16-18H2,1H3,(H,31,35)(H,32,37)/t25-,26-/m1/s1. The van der Waals surface area contributed by atoms with Crippen LogP contribution in [0.3, 0.4) is 0 Å². The monoisotopic (exact) mass is 535 g/mol. The van der Waals surface area contributed by atoms with Crippen LogP contribution in [0, 0.1) is 5.82 Å². The van der Waals surface area contributed by atoms with Gasteiger partial charge in [-0.25, -0.2) is 14.0 Å². The summed E-state index contributed by atoms with van der Waals surface area (Å²) >= 11 is 0. The van der Waals surface area contributed by atoms with Crippen LogP contribution in [0.5, 0.6) is 5.75 Å². The lowest BCUT2D eigenvalue weighted by Crippen LogP contribution is -2.50. The SMILES string of the molecule is COC(=O)c1ccccc1NC(=O)N1CCC[C@@H](O)[C@H](NC(=O)c2ccc(OCc3ccc(F)cc3)cc2)C1. The van der Waals surface area contributed by atoms with E-state index in [-0.39, 0.29) is 24.5 Å². The molecule has 3 amide bonds. The van der Waals surface area contributed by atoms with Crippen molar-refractivity contribution in [3.8, 4) is 5.75 Å². The van der Waals surface area contributed by atoms with Crippen molar-refractivity contribution in [2.24, 2.45) is 0 Å². The highest BCUT2D eigenvalue weighted by Crippen LogP contribution is 2.20. The van der Waals surface area contributed by atoms with Crippen LogP contribution in [-0.4, -0.2) is 60.3 Å². The molecule has 1 saturated heterocycles. The molecule has 4 rings (SSSR count). The fraction of sp³-hybridized carbons (Fsp3) is 0.276. The van der Waals surface area contributed by atoms with Crippen LogP contribution in [0.15, 0.2) is 72.8 Å². The summed E-state index contributed by atoms with van der Waals surface area (Å²) in [4.78, 5) is 39.5. The minimum atomic E-state index is -0.840. The van der Waals surface area contributed by atoms with E-state index in [9.17, 15) is 23.9 Å². The summed E-state index contributed by atoms with van der Waals surface area (Å²) in [7, 11) is 1.26. The number of carbonyl (C=O) groups excluding carboxylic acids is 3. The van der Waals surface area contributed by atoms with Gasteiger partial charge in [-0.1, -0.05) is 24.3 Å². The first kappa shape index (κ1) is 27.6. The molecule has 1 aliphatic heterocycles. The lowest BCUT2D eigenvalue weighted by Gasteiger charge is -2.27. The summed E-state index contributed by atoms with van der Waals surface area (Å²) in [6.07, 6.45) is 0.107. The number of hydrogen-bond donors (Lipinski definition) is 3. The Labute approximate surface area is 225 Å². The zero-order valence-electron chi connectivity index (χ0n) is 21.4. The number of hydrogen-bond acceptors (Lipinski definition) is 6. The van der Waals surface area contributed by atoms with Gasteiger partial charge in [-0.3, -0.25) is 4.79 Å². The van der Waals surface area contributed by atoms with Crippen LogP contribution in [0.25, 0.3) is 0 Å². The summed E-state index contributed by atoms with van der Waals surface area (Å²) in [5, 5.41) is 16.2. The average Bonchev–Trinajstić information content (AvgIpc) is 3.14. The number of para-hydroxylation sites is 1. The molecular formula is C29H30FN3O6. The molecule has 3 N–H and O–H groups in total. The number of ether oxygens (including phenoxy) is 2. The van der Waals surface area contributed by atoms with Crippen molar-refractivity contribution < 1.29 is 33.4 Å². The Bertz CT molecular complexity index is 1300. The Hall–Kier alpha value is -4.44. The van der Waals surface area contributed by atoms with Gasteiger partial charge in [0.25, 0.3) is 5.91 Å². The van der Waals surface area contributed by atoms with Crippen molar-refractivity contribution in [1.82, 2.24) is 10.2 Å². The van der Waals surface area contributed by atoms with Gasteiger partial charge in [-0.15, -0.1) is 0 Å². The topological polar surface area (TPSA) is 117 Å². The highest BCUT2D eigenvalue weighted by atomic mass is 19.1. The van der Waals surface area contributed by atoms with Crippen LogP contribution in [0.2, 0.25) is 0 Å². The molecule has 0 saturated carbocycles. The van der Waals surface area contributed by atoms with E-state index in [1.807, 2.05) is 0 Å². The normalized spacial score (nSPS) is 17.1. The molecule has 0 aliphatic carbocycles. The van der Waals surface area contributed by atoms with E-state index in [1.165, 1.54) is 24.1 Å². The average molecular weight is 536 g/mol. The van der Waals surface area contributed by atoms with Crippen molar-refractivity contribution in [3.63, 3.8) is 0 Å². The number of methoxy groups -OCH3 is 1. The van der Waals surface area contributed by atoms with Gasteiger partial charge in [0.1, 0.15) is 18.2 Å². The number of esters is 1. The maximum atomic E-state index is 13.1. The molecule has 0 aromatic heterocycles. The molecule has 0 radical (unpaired) electrons. The molecule has 39 heavy (non-hydrogen) atoms. The number of carbonyl (C=O) groups is 3. The Morgan fingerprint density at radius 2 is 1.74 bits per heavy atom. The second kappa shape index (κ2) is 12.9. The van der Waals surface area contributed by atoms with Gasteiger partial charge in [0.15, 0.2) is 0 Å². The molecule has 204 valence electrons. The summed E-state index contributed by atoms with van der Waals surface area (Å²) < 4.78 is 23.5. The van der Waals surface area contributed by atoms with Crippen LogP contribution >= 0.6 is 0 Å². The minimum absolute atomic E-state index is 0.0813. The molecule has 3 aromatic carbocycles. The number of anilines is 1. The number of halogens is 1. The highest BCUT2D eigenvalue weighted by molar-refractivity contribution is 6.00. The van der Waals surface area contributed by atoms with Crippen LogP contribution < -0.4 is 15.4 Å². The predicted octanol–water partition coefficient (Wildman–Crippen LogP) is 3.98. The molecule has 0 unspecified atom stereocenters. The van der Waals surface area contributed by atoms with Crippen LogP contribution in [0.4, 0.5) is 14.9 Å². The maximum Gasteiger partial charge on any atom is 0.339 e. The van der Waals surface area contributed by atoms with Crippen molar-refractivity contribution in [2.45, 2.75) is 31.6 Å². The van der Waals surface area contributed by atoms with E-state index in [1.54, 1.807) is 60.7 Å². The number of nitrogens with one attached hydrogen (secondary N) is 2. The van der Waals surface area contributed by atoms with E-state index in [0.717, 1.165) is 5.56 Å². The Morgan fingerprint density at radius 3 is 2.46 bits per heavy atom. The third kappa shape index (κ3) is 7.32. The van der Waals surface area contributed by atoms with Gasteiger partial charge in [-0.05, 0) is 66.9 Å². The molecule has 0 bridgehead atoms. The van der Waals surface area contributed by atoms with Gasteiger partial charge in [0.05, 0.1) is 30.5 Å². The van der Waals surface area contributed by atoms with Crippen molar-refractivity contribution >= 4 is 23.6 Å². The van der Waals surface area contributed by atoms with E-state index in [4.69, 9.17) is 9.47 Å². The van der Waals surface area contributed by atoms with Gasteiger partial charge < -0.3 is 30.1 Å². The fourth-order valence-electron chi connectivity index (χ4n) is 4.25. The summed E-state index contributed by atoms with van der Waals surface area (Å²) in [5.41, 5.74) is 1.70. The van der Waals surface area contributed by atoms with Crippen LogP contribution in [0.1, 0.15) is 39.1 Å². The van der Waals surface area contributed by atoms with Crippen LogP contribution in [-0.2, 0) is 11.3 Å². The van der Waals surface area contributed by atoms with E-state index in [0.29, 0.717) is 36.4 Å². The first-order chi connectivity index (χ1) is 18.8. The van der Waals surface area contributed by atoms with Crippen molar-refractivity contribution in [1.29, 1.82) is 0 Å². The molecule has 1 aliphatic rings. The number of aliphatic hydroxyl groups excluding tert-OH is 1. The molecule has 2 atom stereocenters. The zero-order chi connectivity index (χ0) is 27.8. The third-order valence-electron chi connectivity index (χ3n) is 6.42. The Kier molecular flexibility index (Phi) is 9.11. The molecule has 10 heteroatoms. The highest BCUT2D eigenvalue weighted by Gasteiger charge is 2.30. The first-order valence-electron chi connectivity index (χ1n) is 12.5. The second-order valence-corrected chi connectivity index (χ2v) is 9.14. The predicted molar refractivity (Wildman–Crippen MR) is 142 cm³/mol. The summed E-state index contributed by atoms with van der Waals surface area (Å²) in [6, 6.07) is 17.9. The number of likely N-dealkylation sites (tertiary alicyclic amines) is 1. The molecule has 9 nitrogen and oxygen atoms in total. The molecule has 3 aromatic rings. The molecule has 1 fully saturated rings. The maximum absolute atomic E-state index is 13.1. The lowest BCUT2D eigenvalue weighted by molar-refractivity contribution is 0.0601. The number of aliphatic hydroxyl groups is 1. The van der Waals surface area contributed by atoms with Crippen molar-refractivity contribution in [2.75, 3.05) is 25.5 Å². The third-order valence-corrected chi connectivity index (χ3v) is 6.42. The second-order valence-electron chi connectivity index (χ2n) is 9.14. The Balaban J connectivity index is 1.36. The number of urea groups is 1. The fourth-order valence-corrected chi connectivity index (χ4v) is 4.25. The zero-order valence-corrected chi connectivity index (χ0v) is 21.4. The van der Waals surface area contributed by atoms with E-state index < -0.39 is 30.1 Å². The lowest BCUT2D eigenvalue weighted by atomic mass is 10.1. The summed E-state index contributed by atoms with van der Waals surface area (Å²) in [5.74, 6) is -0.752. The van der Waals surface area contributed by atoms with Gasteiger partial charge in [0, 0.05) is 18.7 Å². The molecule has 1 heterocycles. The smallest absolute Gasteiger partial charge is 0.339 e. The Morgan fingerprint density at radius 1 is 1.03 bits per heavy atom. The number of benzene rings is 3. The van der Waals surface area contributed by atoms with E-state index >= 15 is 0 Å². The number of amides is 3. The largest absolute Gasteiger partial charge is 0.489 e. The van der Waals surface area contributed by atoms with Gasteiger partial charge in [0.2, 0.25) is 0 Å². The quantitative estimate of drug-likeness (QED) is 0.394. The van der Waals surface area contributed by atoms with E-state index in [2.05, 4.69) is 10.6 Å². The van der Waals surface area contributed by atoms with Gasteiger partial charge in [-0.2, -0.15) is 0 Å². The minimum Gasteiger partial charge on any atom is -0.489 e. The number of rotatable bonds is 7. The molecular weight excluding hydrogens is 505 g/mol.